The van der Waals surface area contributed by atoms with Gasteiger partial charge in [0.25, 0.3) is 11.5 Å². The van der Waals surface area contributed by atoms with Crippen LogP contribution in [0.3, 0.4) is 0 Å². The molecule has 0 radical (unpaired) electrons. The van der Waals surface area contributed by atoms with Crippen molar-refractivity contribution in [2.45, 2.75) is 0 Å². The number of imidazole rings is 1. The van der Waals surface area contributed by atoms with Crippen LogP contribution < -0.4 is 10.9 Å². The zero-order valence-corrected chi connectivity index (χ0v) is 13.8. The molecule has 0 aliphatic heterocycles. The predicted molar refractivity (Wildman–Crippen MR) is 96.3 cm³/mol. The van der Waals surface area contributed by atoms with E-state index in [1.165, 1.54) is 10.5 Å². The number of anilines is 1. The fourth-order valence-electron chi connectivity index (χ4n) is 2.45. The molecule has 24 heavy (non-hydrogen) atoms. The molecule has 1 amide bonds. The Morgan fingerprint density at radius 3 is 2.71 bits per heavy atom. The summed E-state index contributed by atoms with van der Waals surface area (Å²) in [7, 11) is 0. The van der Waals surface area contributed by atoms with E-state index in [0.29, 0.717) is 15.7 Å². The summed E-state index contributed by atoms with van der Waals surface area (Å²) in [6.07, 6.45) is 0. The summed E-state index contributed by atoms with van der Waals surface area (Å²) < 4.78 is 1.51. The van der Waals surface area contributed by atoms with Crippen molar-refractivity contribution >= 4 is 50.5 Å². The number of benzene rings is 2. The maximum absolute atomic E-state index is 12.4. The van der Waals surface area contributed by atoms with Crippen LogP contribution in [0.25, 0.3) is 16.0 Å². The molecule has 0 bridgehead atoms. The second-order valence-electron chi connectivity index (χ2n) is 5.10. The van der Waals surface area contributed by atoms with Crippen molar-refractivity contribution in [3.05, 3.63) is 74.9 Å². The molecule has 0 saturated carbocycles. The number of carbonyl (C=O) groups excluding carboxylic acids is 1. The molecule has 0 spiro atoms. The third kappa shape index (κ3) is 2.46. The van der Waals surface area contributed by atoms with Gasteiger partial charge in [0.05, 0.1) is 21.7 Å². The number of nitrogens with zero attached hydrogens (tertiary/aromatic N) is 2. The van der Waals surface area contributed by atoms with E-state index in [9.17, 15) is 9.59 Å². The van der Waals surface area contributed by atoms with Gasteiger partial charge in [-0.05, 0) is 24.3 Å². The van der Waals surface area contributed by atoms with Crippen molar-refractivity contribution in [1.29, 1.82) is 0 Å². The molecule has 4 aromatic rings. The summed E-state index contributed by atoms with van der Waals surface area (Å²) in [5, 5.41) is 3.15. The highest BCUT2D eigenvalue weighted by molar-refractivity contribution is 7.18. The van der Waals surface area contributed by atoms with Gasteiger partial charge in [0.15, 0.2) is 4.96 Å². The van der Waals surface area contributed by atoms with Gasteiger partial charge in [-0.2, -0.15) is 0 Å². The first-order valence-corrected chi connectivity index (χ1v) is 8.30. The average molecular weight is 356 g/mol. The third-order valence-electron chi connectivity index (χ3n) is 3.55. The van der Waals surface area contributed by atoms with Crippen molar-refractivity contribution in [1.82, 2.24) is 9.38 Å². The van der Waals surface area contributed by atoms with Crippen molar-refractivity contribution in [2.24, 2.45) is 0 Å². The highest BCUT2D eigenvalue weighted by Crippen LogP contribution is 2.23. The van der Waals surface area contributed by atoms with Gasteiger partial charge >= 0.3 is 0 Å². The van der Waals surface area contributed by atoms with Crippen LogP contribution in [0.15, 0.2) is 59.4 Å². The van der Waals surface area contributed by atoms with Crippen molar-refractivity contribution in [3.63, 3.8) is 0 Å². The molecule has 7 heteroatoms. The fourth-order valence-corrected chi connectivity index (χ4v) is 3.55. The smallest absolute Gasteiger partial charge is 0.266 e. The standard InChI is InChI=1S/C17H10ClN3O2S/c18-10-5-1-2-6-11(10)19-16(23)14-9-15(22)21-13-8-4-3-7-12(13)20-17(21)24-14/h1-9H,(H,19,23). The molecule has 0 atom stereocenters. The fraction of sp³-hybridized carbons (Fsp3) is 0. The van der Waals surface area contributed by atoms with Crippen molar-refractivity contribution in [2.75, 3.05) is 5.32 Å². The van der Waals surface area contributed by atoms with Gasteiger partial charge in [-0.3, -0.25) is 14.0 Å². The summed E-state index contributed by atoms with van der Waals surface area (Å²) in [5.74, 6) is -0.389. The summed E-state index contributed by atoms with van der Waals surface area (Å²) in [5.41, 5.74) is 1.65. The van der Waals surface area contributed by atoms with E-state index in [4.69, 9.17) is 11.6 Å². The van der Waals surface area contributed by atoms with Crippen LogP contribution in [0.5, 0.6) is 0 Å². The lowest BCUT2D eigenvalue weighted by atomic mass is 10.3. The zero-order chi connectivity index (χ0) is 16.7. The molecule has 0 saturated heterocycles. The van der Waals surface area contributed by atoms with E-state index < -0.39 is 0 Å². The SMILES string of the molecule is O=C(Nc1ccccc1Cl)c1cc(=O)n2c(nc3ccccc32)s1. The first-order chi connectivity index (χ1) is 11.6. The van der Waals surface area contributed by atoms with Crippen LogP contribution in [0.1, 0.15) is 9.67 Å². The largest absolute Gasteiger partial charge is 0.320 e. The van der Waals surface area contributed by atoms with Crippen molar-refractivity contribution < 1.29 is 4.79 Å². The van der Waals surface area contributed by atoms with Crippen LogP contribution >= 0.6 is 22.9 Å². The minimum atomic E-state index is -0.389. The number of carbonyl (C=O) groups is 1. The van der Waals surface area contributed by atoms with Crippen LogP contribution in [-0.2, 0) is 0 Å². The number of halogens is 1. The molecule has 5 nitrogen and oxygen atoms in total. The van der Waals surface area contributed by atoms with E-state index in [1.807, 2.05) is 24.3 Å². The lowest BCUT2D eigenvalue weighted by molar-refractivity contribution is 0.103. The Kier molecular flexibility index (Phi) is 3.55. The molecule has 1 N–H and O–H groups in total. The topological polar surface area (TPSA) is 63.5 Å². The number of hydrogen-bond donors (Lipinski definition) is 1. The number of hydrogen-bond acceptors (Lipinski definition) is 4. The maximum Gasteiger partial charge on any atom is 0.266 e. The van der Waals surface area contributed by atoms with Crippen LogP contribution in [0.4, 0.5) is 5.69 Å². The Balaban J connectivity index is 1.80. The lowest BCUT2D eigenvalue weighted by Gasteiger charge is -2.06. The first kappa shape index (κ1) is 14.9. The predicted octanol–water partition coefficient (Wildman–Crippen LogP) is 3.81. The molecule has 0 fully saturated rings. The summed E-state index contributed by atoms with van der Waals surface area (Å²) >= 11 is 7.20. The van der Waals surface area contributed by atoms with Gasteiger partial charge in [0, 0.05) is 6.07 Å². The Hall–Kier alpha value is -2.70. The summed E-state index contributed by atoms with van der Waals surface area (Å²) in [4.78, 5) is 30.0. The molecule has 0 aliphatic rings. The molecule has 0 unspecified atom stereocenters. The second kappa shape index (κ2) is 5.74. The quantitative estimate of drug-likeness (QED) is 0.594. The van der Waals surface area contributed by atoms with Gasteiger partial charge in [-0.25, -0.2) is 4.98 Å². The second-order valence-corrected chi connectivity index (χ2v) is 6.52. The third-order valence-corrected chi connectivity index (χ3v) is 4.86. The Bertz CT molecular complexity index is 1150. The van der Waals surface area contributed by atoms with E-state index in [0.717, 1.165) is 22.4 Å². The minimum absolute atomic E-state index is 0.280. The average Bonchev–Trinajstić information content (AvgIpc) is 2.95. The van der Waals surface area contributed by atoms with Gasteiger partial charge in [0.2, 0.25) is 0 Å². The lowest BCUT2D eigenvalue weighted by Crippen LogP contribution is -2.17. The van der Waals surface area contributed by atoms with Crippen LogP contribution in [0, 0.1) is 0 Å². The normalized spacial score (nSPS) is 11.0. The molecule has 2 heterocycles. The van der Waals surface area contributed by atoms with Crippen molar-refractivity contribution in [3.8, 4) is 0 Å². The van der Waals surface area contributed by atoms with Gasteiger partial charge in [-0.15, -0.1) is 0 Å². The first-order valence-electron chi connectivity index (χ1n) is 7.11. The Labute approximate surface area is 145 Å². The highest BCUT2D eigenvalue weighted by atomic mass is 35.5. The minimum Gasteiger partial charge on any atom is -0.320 e. The molecular weight excluding hydrogens is 346 g/mol. The highest BCUT2D eigenvalue weighted by Gasteiger charge is 2.14. The van der Waals surface area contributed by atoms with E-state index in [-0.39, 0.29) is 16.3 Å². The zero-order valence-electron chi connectivity index (χ0n) is 12.2. The maximum atomic E-state index is 12.4. The number of para-hydroxylation sites is 3. The van der Waals surface area contributed by atoms with Crippen LogP contribution in [0.2, 0.25) is 5.02 Å². The number of fused-ring (bicyclic) bond motifs is 3. The number of aromatic nitrogens is 2. The molecule has 2 aromatic carbocycles. The van der Waals surface area contributed by atoms with E-state index in [2.05, 4.69) is 10.3 Å². The van der Waals surface area contributed by atoms with Gasteiger partial charge in [0.1, 0.15) is 4.88 Å². The van der Waals surface area contributed by atoms with E-state index >= 15 is 0 Å². The molecule has 2 aromatic heterocycles. The molecule has 4 rings (SSSR count). The number of rotatable bonds is 2. The number of amides is 1. The Morgan fingerprint density at radius 1 is 1.12 bits per heavy atom. The van der Waals surface area contributed by atoms with Crippen LogP contribution in [-0.4, -0.2) is 15.3 Å². The summed E-state index contributed by atoms with van der Waals surface area (Å²) in [6.45, 7) is 0. The van der Waals surface area contributed by atoms with Gasteiger partial charge < -0.3 is 5.32 Å². The monoisotopic (exact) mass is 355 g/mol. The molecule has 118 valence electrons. The molecular formula is C17H10ClN3O2S. The summed E-state index contributed by atoms with van der Waals surface area (Å²) in [6, 6.07) is 15.6. The van der Waals surface area contributed by atoms with Gasteiger partial charge in [-0.1, -0.05) is 47.2 Å². The molecule has 0 aliphatic carbocycles. The van der Waals surface area contributed by atoms with E-state index in [1.54, 1.807) is 24.3 Å². The Morgan fingerprint density at radius 2 is 1.88 bits per heavy atom. The number of nitrogens with one attached hydrogen (secondary N) is 1.